The van der Waals surface area contributed by atoms with Crippen molar-refractivity contribution in [1.82, 2.24) is 10.3 Å². The second kappa shape index (κ2) is 4.78. The lowest BCUT2D eigenvalue weighted by Gasteiger charge is -2.11. The molecule has 0 aromatic carbocycles. The Morgan fingerprint density at radius 2 is 2.00 bits per heavy atom. The van der Waals surface area contributed by atoms with Gasteiger partial charge in [-0.2, -0.15) is 0 Å². The largest absolute Gasteiger partial charge is 0.481 e. The molecular formula is C12H12N2O3. The summed E-state index contributed by atoms with van der Waals surface area (Å²) in [5, 5.41) is 11.6. The van der Waals surface area contributed by atoms with Crippen LogP contribution in [0.5, 0.6) is 0 Å². The summed E-state index contributed by atoms with van der Waals surface area (Å²) in [7, 11) is 0. The highest BCUT2D eigenvalue weighted by atomic mass is 16.4. The lowest BCUT2D eigenvalue weighted by molar-refractivity contribution is -0.140. The molecule has 0 spiro atoms. The predicted molar refractivity (Wildman–Crippen MR) is 60.4 cm³/mol. The molecule has 0 aliphatic heterocycles. The van der Waals surface area contributed by atoms with Crippen molar-refractivity contribution in [2.24, 2.45) is 5.92 Å². The third-order valence-electron chi connectivity index (χ3n) is 2.66. The van der Waals surface area contributed by atoms with Crippen molar-refractivity contribution in [3.8, 4) is 0 Å². The smallest absolute Gasteiger partial charge is 0.310 e. The fourth-order valence-electron chi connectivity index (χ4n) is 1.74. The van der Waals surface area contributed by atoms with Gasteiger partial charge in [0.1, 0.15) is 0 Å². The molecule has 5 nitrogen and oxygen atoms in total. The molecule has 88 valence electrons. The second-order valence-electron chi connectivity index (χ2n) is 3.88. The molecule has 1 aromatic heterocycles. The highest BCUT2D eigenvalue weighted by molar-refractivity contribution is 5.94. The summed E-state index contributed by atoms with van der Waals surface area (Å²) in [5.74, 6) is -1.58. The van der Waals surface area contributed by atoms with Crippen LogP contribution < -0.4 is 5.32 Å². The Labute approximate surface area is 98.2 Å². The van der Waals surface area contributed by atoms with E-state index in [0.29, 0.717) is 12.0 Å². The number of nitrogens with zero attached hydrogens (tertiary/aromatic N) is 1. The van der Waals surface area contributed by atoms with Crippen molar-refractivity contribution < 1.29 is 14.7 Å². The maximum Gasteiger partial charge on any atom is 0.310 e. The van der Waals surface area contributed by atoms with E-state index < -0.39 is 11.9 Å². The Hall–Kier alpha value is -2.17. The Balaban J connectivity index is 1.94. The van der Waals surface area contributed by atoms with Gasteiger partial charge in [-0.25, -0.2) is 0 Å². The number of carboxylic acid groups (broad SMARTS) is 1. The average Bonchev–Trinajstić information content (AvgIpc) is 2.79. The van der Waals surface area contributed by atoms with Gasteiger partial charge in [0.2, 0.25) is 0 Å². The van der Waals surface area contributed by atoms with Crippen LogP contribution in [0.2, 0.25) is 0 Å². The van der Waals surface area contributed by atoms with Gasteiger partial charge in [-0.05, 0) is 18.6 Å². The summed E-state index contributed by atoms with van der Waals surface area (Å²) in [6, 6.07) is 3.02. The van der Waals surface area contributed by atoms with Gasteiger partial charge in [-0.3, -0.25) is 14.6 Å². The number of carboxylic acids is 1. The second-order valence-corrected chi connectivity index (χ2v) is 3.88. The molecule has 0 radical (unpaired) electrons. The number of nitrogens with one attached hydrogen (secondary N) is 1. The number of hydrogen-bond donors (Lipinski definition) is 2. The monoisotopic (exact) mass is 232 g/mol. The predicted octanol–water partition coefficient (Wildman–Crippen LogP) is 0.841. The number of hydrogen-bond acceptors (Lipinski definition) is 3. The van der Waals surface area contributed by atoms with E-state index in [2.05, 4.69) is 10.3 Å². The van der Waals surface area contributed by atoms with Crippen molar-refractivity contribution in [1.29, 1.82) is 0 Å². The van der Waals surface area contributed by atoms with Crippen LogP contribution >= 0.6 is 0 Å². The first kappa shape index (κ1) is 11.3. The van der Waals surface area contributed by atoms with Gasteiger partial charge in [0, 0.05) is 24.0 Å². The molecule has 0 saturated carbocycles. The van der Waals surface area contributed by atoms with Gasteiger partial charge in [-0.15, -0.1) is 0 Å². The summed E-state index contributed by atoms with van der Waals surface area (Å²) in [6.07, 6.45) is 6.82. The van der Waals surface area contributed by atoms with Gasteiger partial charge in [0.25, 0.3) is 5.91 Å². The Kier molecular flexibility index (Phi) is 3.18. The zero-order valence-electron chi connectivity index (χ0n) is 9.04. The number of carbonyl (C=O) groups excluding carboxylic acids is 1. The standard InChI is InChI=1S/C12H12N2O3/c15-11(8-3-5-13-6-4-8)14-10-2-1-9(7-10)12(16)17/h1-6,9-10H,7H2,(H,14,15)(H,16,17). The minimum atomic E-state index is -0.859. The van der Waals surface area contributed by atoms with E-state index >= 15 is 0 Å². The molecule has 1 heterocycles. The lowest BCUT2D eigenvalue weighted by atomic mass is 10.1. The first-order valence-corrected chi connectivity index (χ1v) is 5.29. The van der Waals surface area contributed by atoms with E-state index in [1.165, 1.54) is 0 Å². The van der Waals surface area contributed by atoms with E-state index in [9.17, 15) is 9.59 Å². The van der Waals surface area contributed by atoms with Crippen LogP contribution in [-0.4, -0.2) is 28.0 Å². The molecule has 0 saturated heterocycles. The molecule has 5 heteroatoms. The summed E-state index contributed by atoms with van der Waals surface area (Å²) in [6.45, 7) is 0. The van der Waals surface area contributed by atoms with Gasteiger partial charge in [0.05, 0.1) is 5.92 Å². The van der Waals surface area contributed by atoms with E-state index in [1.54, 1.807) is 36.7 Å². The third-order valence-corrected chi connectivity index (χ3v) is 2.66. The molecule has 1 amide bonds. The number of carbonyl (C=O) groups is 2. The maximum absolute atomic E-state index is 11.8. The van der Waals surface area contributed by atoms with Crippen molar-refractivity contribution in [3.63, 3.8) is 0 Å². The summed E-state index contributed by atoms with van der Waals surface area (Å²) >= 11 is 0. The zero-order valence-corrected chi connectivity index (χ0v) is 9.04. The quantitative estimate of drug-likeness (QED) is 0.757. The van der Waals surface area contributed by atoms with Crippen LogP contribution in [0.4, 0.5) is 0 Å². The highest BCUT2D eigenvalue weighted by Gasteiger charge is 2.25. The minimum Gasteiger partial charge on any atom is -0.481 e. The summed E-state index contributed by atoms with van der Waals surface area (Å²) in [5.41, 5.74) is 0.521. The SMILES string of the molecule is O=C(NC1C=CC(C(=O)O)C1)c1ccncc1. The number of pyridine rings is 1. The lowest BCUT2D eigenvalue weighted by Crippen LogP contribution is -2.33. The average molecular weight is 232 g/mol. The fraction of sp³-hybridized carbons (Fsp3) is 0.250. The molecule has 2 unspecified atom stereocenters. The molecule has 17 heavy (non-hydrogen) atoms. The van der Waals surface area contributed by atoms with Crippen molar-refractivity contribution >= 4 is 11.9 Å². The van der Waals surface area contributed by atoms with Crippen molar-refractivity contribution in [2.75, 3.05) is 0 Å². The molecule has 2 rings (SSSR count). The van der Waals surface area contributed by atoms with Crippen LogP contribution in [0.1, 0.15) is 16.8 Å². The van der Waals surface area contributed by atoms with Gasteiger partial charge >= 0.3 is 5.97 Å². The van der Waals surface area contributed by atoms with Crippen LogP contribution in [0.15, 0.2) is 36.7 Å². The highest BCUT2D eigenvalue weighted by Crippen LogP contribution is 2.18. The molecule has 0 bridgehead atoms. The topological polar surface area (TPSA) is 79.3 Å². The number of rotatable bonds is 3. The first-order chi connectivity index (χ1) is 8.16. The van der Waals surface area contributed by atoms with Crippen LogP contribution in [0, 0.1) is 5.92 Å². The Morgan fingerprint density at radius 1 is 1.29 bits per heavy atom. The number of amides is 1. The van der Waals surface area contributed by atoms with Crippen LogP contribution in [0.25, 0.3) is 0 Å². The molecule has 1 aromatic rings. The molecular weight excluding hydrogens is 220 g/mol. The minimum absolute atomic E-state index is 0.211. The number of aliphatic carboxylic acids is 1. The Bertz CT molecular complexity index is 456. The normalized spacial score (nSPS) is 22.4. The van der Waals surface area contributed by atoms with Crippen molar-refractivity contribution in [2.45, 2.75) is 12.5 Å². The van der Waals surface area contributed by atoms with E-state index in [4.69, 9.17) is 5.11 Å². The van der Waals surface area contributed by atoms with Gasteiger partial charge in [-0.1, -0.05) is 12.2 Å². The molecule has 2 atom stereocenters. The Morgan fingerprint density at radius 3 is 2.59 bits per heavy atom. The first-order valence-electron chi connectivity index (χ1n) is 5.29. The molecule has 1 aliphatic rings. The van der Waals surface area contributed by atoms with Gasteiger partial charge < -0.3 is 10.4 Å². The molecule has 1 aliphatic carbocycles. The summed E-state index contributed by atoms with van der Waals surface area (Å²) in [4.78, 5) is 26.3. The fourth-order valence-corrected chi connectivity index (χ4v) is 1.74. The third kappa shape index (κ3) is 2.69. The van der Waals surface area contributed by atoms with Crippen molar-refractivity contribution in [3.05, 3.63) is 42.2 Å². The van der Waals surface area contributed by atoms with Crippen LogP contribution in [0.3, 0.4) is 0 Å². The summed E-state index contributed by atoms with van der Waals surface area (Å²) < 4.78 is 0. The molecule has 0 fully saturated rings. The number of aromatic nitrogens is 1. The zero-order chi connectivity index (χ0) is 12.3. The van der Waals surface area contributed by atoms with E-state index in [0.717, 1.165) is 0 Å². The van der Waals surface area contributed by atoms with Crippen LogP contribution in [-0.2, 0) is 4.79 Å². The molecule has 2 N–H and O–H groups in total. The van der Waals surface area contributed by atoms with E-state index in [1.807, 2.05) is 0 Å². The van der Waals surface area contributed by atoms with E-state index in [-0.39, 0.29) is 11.9 Å². The van der Waals surface area contributed by atoms with Gasteiger partial charge in [0.15, 0.2) is 0 Å². The maximum atomic E-state index is 11.8.